The number of carboxylic acid groups (broad SMARTS) is 1. The smallest absolute Gasteiger partial charge is 0.307 e. The molecule has 1 aliphatic rings. The Kier molecular flexibility index (Phi) is 2.63. The molecule has 4 nitrogen and oxygen atoms in total. The SMILES string of the molecule is Cc1nc(-c2ccccn2)sc1C1CC1C(=O)O. The number of pyridine rings is 1. The third-order valence-corrected chi connectivity index (χ3v) is 4.47. The highest BCUT2D eigenvalue weighted by molar-refractivity contribution is 7.15. The Hall–Kier alpha value is -1.75. The zero-order valence-electron chi connectivity index (χ0n) is 9.83. The minimum Gasteiger partial charge on any atom is -0.481 e. The van der Waals surface area contributed by atoms with Gasteiger partial charge in [-0.1, -0.05) is 6.07 Å². The molecule has 2 unspecified atom stereocenters. The summed E-state index contributed by atoms with van der Waals surface area (Å²) in [6.45, 7) is 1.94. The summed E-state index contributed by atoms with van der Waals surface area (Å²) < 4.78 is 0. The summed E-state index contributed by atoms with van der Waals surface area (Å²) in [5.41, 5.74) is 1.79. The van der Waals surface area contributed by atoms with Crippen LogP contribution in [0.5, 0.6) is 0 Å². The van der Waals surface area contributed by atoms with E-state index in [1.165, 1.54) is 0 Å². The van der Waals surface area contributed by atoms with Gasteiger partial charge in [0.1, 0.15) is 5.01 Å². The summed E-state index contributed by atoms with van der Waals surface area (Å²) in [5, 5.41) is 9.85. The van der Waals surface area contributed by atoms with Crippen LogP contribution in [0.15, 0.2) is 24.4 Å². The number of hydrogen-bond acceptors (Lipinski definition) is 4. The Labute approximate surface area is 108 Å². The lowest BCUT2D eigenvalue weighted by Gasteiger charge is -1.93. The summed E-state index contributed by atoms with van der Waals surface area (Å²) in [6, 6.07) is 5.71. The Morgan fingerprint density at radius 3 is 2.94 bits per heavy atom. The molecule has 18 heavy (non-hydrogen) atoms. The van der Waals surface area contributed by atoms with Crippen molar-refractivity contribution in [1.29, 1.82) is 0 Å². The monoisotopic (exact) mass is 260 g/mol. The van der Waals surface area contributed by atoms with Crippen LogP contribution in [0.2, 0.25) is 0 Å². The lowest BCUT2D eigenvalue weighted by atomic mass is 10.2. The van der Waals surface area contributed by atoms with E-state index in [-0.39, 0.29) is 11.8 Å². The van der Waals surface area contributed by atoms with Crippen LogP contribution < -0.4 is 0 Å². The van der Waals surface area contributed by atoms with Crippen molar-refractivity contribution >= 4 is 17.3 Å². The van der Waals surface area contributed by atoms with Crippen LogP contribution in [0.3, 0.4) is 0 Å². The normalized spacial score (nSPS) is 21.8. The van der Waals surface area contributed by atoms with E-state index >= 15 is 0 Å². The number of carbonyl (C=O) groups is 1. The van der Waals surface area contributed by atoms with Crippen molar-refractivity contribution in [2.24, 2.45) is 5.92 Å². The molecule has 0 bridgehead atoms. The van der Waals surface area contributed by atoms with Crippen molar-refractivity contribution in [3.63, 3.8) is 0 Å². The number of carboxylic acids is 1. The predicted octanol–water partition coefficient (Wildman–Crippen LogP) is 2.70. The molecular weight excluding hydrogens is 248 g/mol. The van der Waals surface area contributed by atoms with Crippen LogP contribution >= 0.6 is 11.3 Å². The number of rotatable bonds is 3. The fourth-order valence-electron chi connectivity index (χ4n) is 2.11. The first kappa shape index (κ1) is 11.3. The van der Waals surface area contributed by atoms with Crippen LogP contribution in [-0.4, -0.2) is 21.0 Å². The van der Waals surface area contributed by atoms with Gasteiger partial charge in [0.2, 0.25) is 0 Å². The Balaban J connectivity index is 1.91. The van der Waals surface area contributed by atoms with Gasteiger partial charge in [-0.2, -0.15) is 0 Å². The van der Waals surface area contributed by atoms with Crippen LogP contribution in [-0.2, 0) is 4.79 Å². The summed E-state index contributed by atoms with van der Waals surface area (Å²) >= 11 is 1.57. The molecule has 1 fully saturated rings. The highest BCUT2D eigenvalue weighted by atomic mass is 32.1. The van der Waals surface area contributed by atoms with Crippen molar-refractivity contribution < 1.29 is 9.90 Å². The largest absolute Gasteiger partial charge is 0.481 e. The number of nitrogens with zero attached hydrogens (tertiary/aromatic N) is 2. The third kappa shape index (κ3) is 1.90. The predicted molar refractivity (Wildman–Crippen MR) is 68.6 cm³/mol. The maximum absolute atomic E-state index is 10.9. The molecule has 5 heteroatoms. The highest BCUT2D eigenvalue weighted by Crippen LogP contribution is 2.51. The summed E-state index contributed by atoms with van der Waals surface area (Å²) in [5.74, 6) is -0.773. The molecule has 1 aliphatic carbocycles. The van der Waals surface area contributed by atoms with Gasteiger partial charge in [-0.05, 0) is 25.5 Å². The third-order valence-electron chi connectivity index (χ3n) is 3.16. The fraction of sp³-hybridized carbons (Fsp3) is 0.308. The molecule has 3 rings (SSSR count). The molecule has 2 aromatic rings. The molecule has 1 N–H and O–H groups in total. The molecule has 0 aliphatic heterocycles. The Bertz CT molecular complexity index is 594. The standard InChI is InChI=1S/C13H12N2O2S/c1-7-11(8-6-9(8)13(16)17)18-12(15-7)10-4-2-3-5-14-10/h2-5,8-9H,6H2,1H3,(H,16,17). The summed E-state index contributed by atoms with van der Waals surface area (Å²) in [7, 11) is 0. The zero-order valence-corrected chi connectivity index (χ0v) is 10.6. The van der Waals surface area contributed by atoms with Gasteiger partial charge < -0.3 is 5.11 Å². The first-order valence-electron chi connectivity index (χ1n) is 5.78. The summed E-state index contributed by atoms with van der Waals surface area (Å²) in [6.07, 6.45) is 2.48. The fourth-order valence-corrected chi connectivity index (χ4v) is 3.33. The van der Waals surface area contributed by atoms with E-state index < -0.39 is 5.97 Å². The van der Waals surface area contributed by atoms with E-state index in [1.54, 1.807) is 17.5 Å². The maximum atomic E-state index is 10.9. The van der Waals surface area contributed by atoms with Gasteiger partial charge in [0, 0.05) is 17.0 Å². The van der Waals surface area contributed by atoms with E-state index in [9.17, 15) is 4.79 Å². The van der Waals surface area contributed by atoms with Crippen molar-refractivity contribution in [3.05, 3.63) is 35.0 Å². The molecule has 2 heterocycles. The molecule has 0 aromatic carbocycles. The van der Waals surface area contributed by atoms with E-state index in [0.29, 0.717) is 0 Å². The van der Waals surface area contributed by atoms with Gasteiger partial charge in [-0.25, -0.2) is 4.98 Å². The second kappa shape index (κ2) is 4.17. The lowest BCUT2D eigenvalue weighted by Crippen LogP contribution is -1.98. The number of aliphatic carboxylic acids is 1. The Morgan fingerprint density at radius 2 is 2.33 bits per heavy atom. The maximum Gasteiger partial charge on any atom is 0.307 e. The van der Waals surface area contributed by atoms with E-state index in [4.69, 9.17) is 5.11 Å². The van der Waals surface area contributed by atoms with Crippen LogP contribution in [0.1, 0.15) is 22.9 Å². The molecule has 0 spiro atoms. The van der Waals surface area contributed by atoms with Crippen molar-refractivity contribution in [2.75, 3.05) is 0 Å². The number of thiazole rings is 1. The van der Waals surface area contributed by atoms with Crippen LogP contribution in [0.25, 0.3) is 10.7 Å². The van der Waals surface area contributed by atoms with Gasteiger partial charge in [0.05, 0.1) is 17.3 Å². The van der Waals surface area contributed by atoms with Crippen molar-refractivity contribution in [1.82, 2.24) is 9.97 Å². The lowest BCUT2D eigenvalue weighted by molar-refractivity contribution is -0.138. The van der Waals surface area contributed by atoms with E-state index in [1.807, 2.05) is 25.1 Å². The van der Waals surface area contributed by atoms with Gasteiger partial charge in [0.25, 0.3) is 0 Å². The number of aryl methyl sites for hydroxylation is 1. The van der Waals surface area contributed by atoms with Gasteiger partial charge in [0.15, 0.2) is 0 Å². The van der Waals surface area contributed by atoms with Gasteiger partial charge in [-0.3, -0.25) is 9.78 Å². The van der Waals surface area contributed by atoms with Gasteiger partial charge >= 0.3 is 5.97 Å². The average molecular weight is 260 g/mol. The Morgan fingerprint density at radius 1 is 1.50 bits per heavy atom. The average Bonchev–Trinajstić information content (AvgIpc) is 3.08. The molecule has 2 aromatic heterocycles. The molecule has 2 atom stereocenters. The zero-order chi connectivity index (χ0) is 12.7. The van der Waals surface area contributed by atoms with Crippen molar-refractivity contribution in [3.8, 4) is 10.7 Å². The molecule has 0 amide bonds. The molecule has 0 radical (unpaired) electrons. The van der Waals surface area contributed by atoms with Crippen LogP contribution in [0.4, 0.5) is 0 Å². The molecule has 92 valence electrons. The van der Waals surface area contributed by atoms with Crippen molar-refractivity contribution in [2.45, 2.75) is 19.3 Å². The number of aromatic nitrogens is 2. The first-order chi connectivity index (χ1) is 8.66. The highest BCUT2D eigenvalue weighted by Gasteiger charge is 2.46. The molecule has 1 saturated carbocycles. The minimum atomic E-state index is -0.702. The first-order valence-corrected chi connectivity index (χ1v) is 6.60. The second-order valence-electron chi connectivity index (χ2n) is 4.47. The molecular formula is C13H12N2O2S. The van der Waals surface area contributed by atoms with E-state index in [2.05, 4.69) is 9.97 Å². The topological polar surface area (TPSA) is 63.1 Å². The second-order valence-corrected chi connectivity index (χ2v) is 5.50. The quantitative estimate of drug-likeness (QED) is 0.921. The summed E-state index contributed by atoms with van der Waals surface area (Å²) in [4.78, 5) is 20.8. The van der Waals surface area contributed by atoms with Gasteiger partial charge in [-0.15, -0.1) is 11.3 Å². The van der Waals surface area contributed by atoms with Crippen LogP contribution in [0, 0.1) is 12.8 Å². The molecule has 0 saturated heterocycles. The number of hydrogen-bond donors (Lipinski definition) is 1. The van der Waals surface area contributed by atoms with E-state index in [0.717, 1.165) is 27.7 Å². The minimum absolute atomic E-state index is 0.150.